The molecule has 0 saturated heterocycles. The Hall–Kier alpha value is -2.79. The molecule has 3 aromatic rings. The number of nitrogens with one attached hydrogen (secondary N) is 3. The van der Waals surface area contributed by atoms with E-state index in [1.54, 1.807) is 24.5 Å². The molecule has 0 unspecified atom stereocenters. The molecule has 110 valence electrons. The van der Waals surface area contributed by atoms with Crippen molar-refractivity contribution >= 4 is 40.3 Å². The van der Waals surface area contributed by atoms with Crippen LogP contribution in [0.1, 0.15) is 5.56 Å². The number of halogens is 1. The fourth-order valence-corrected chi connectivity index (χ4v) is 2.20. The summed E-state index contributed by atoms with van der Waals surface area (Å²) in [5.41, 5.74) is 2.46. The molecular formula is C16H13ClN4O. The number of rotatable bonds is 3. The molecule has 0 atom stereocenters. The van der Waals surface area contributed by atoms with E-state index in [1.165, 1.54) is 0 Å². The summed E-state index contributed by atoms with van der Waals surface area (Å²) in [5, 5.41) is 13.8. The lowest BCUT2D eigenvalue weighted by atomic mass is 10.2. The summed E-state index contributed by atoms with van der Waals surface area (Å²) in [6, 6.07) is 12.6. The van der Waals surface area contributed by atoms with Crippen LogP contribution in [-0.2, 0) is 0 Å². The third-order valence-electron chi connectivity index (χ3n) is 3.04. The standard InChI is InChI=1S/C16H13ClN4O/c17-13-3-1-2-11(8-13)6-7-18-16(22)20-14-5-4-12-10-19-21-15(12)9-14/h1-10H,(H,19,21)(H2,18,20,22)/b7-6+. The summed E-state index contributed by atoms with van der Waals surface area (Å²) in [4.78, 5) is 11.8. The third kappa shape index (κ3) is 3.45. The van der Waals surface area contributed by atoms with Crippen LogP contribution in [0, 0.1) is 0 Å². The molecule has 0 fully saturated rings. The van der Waals surface area contributed by atoms with Crippen molar-refractivity contribution in [3.05, 3.63) is 65.4 Å². The molecule has 0 bridgehead atoms. The van der Waals surface area contributed by atoms with Gasteiger partial charge in [-0.05, 0) is 42.0 Å². The van der Waals surface area contributed by atoms with Crippen molar-refractivity contribution in [2.45, 2.75) is 0 Å². The van der Waals surface area contributed by atoms with Crippen molar-refractivity contribution in [1.82, 2.24) is 15.5 Å². The Bertz CT molecular complexity index is 841. The van der Waals surface area contributed by atoms with Gasteiger partial charge >= 0.3 is 6.03 Å². The molecule has 2 aromatic carbocycles. The SMILES string of the molecule is O=C(N/C=C/c1cccc(Cl)c1)Nc1ccc2cn[nH]c2c1. The van der Waals surface area contributed by atoms with Crippen LogP contribution in [0.5, 0.6) is 0 Å². The van der Waals surface area contributed by atoms with Crippen molar-refractivity contribution in [3.63, 3.8) is 0 Å². The zero-order chi connectivity index (χ0) is 15.4. The fraction of sp³-hybridized carbons (Fsp3) is 0. The summed E-state index contributed by atoms with van der Waals surface area (Å²) < 4.78 is 0. The van der Waals surface area contributed by atoms with Gasteiger partial charge in [-0.3, -0.25) is 5.10 Å². The molecule has 0 saturated carbocycles. The lowest BCUT2D eigenvalue weighted by Crippen LogP contribution is -2.23. The third-order valence-corrected chi connectivity index (χ3v) is 3.27. The highest BCUT2D eigenvalue weighted by Crippen LogP contribution is 2.16. The Morgan fingerprint density at radius 2 is 2.14 bits per heavy atom. The molecule has 0 aliphatic rings. The Morgan fingerprint density at radius 3 is 3.00 bits per heavy atom. The van der Waals surface area contributed by atoms with Crippen LogP contribution in [0.3, 0.4) is 0 Å². The number of carbonyl (C=O) groups excluding carboxylic acids is 1. The molecule has 3 rings (SSSR count). The number of aromatic amines is 1. The van der Waals surface area contributed by atoms with E-state index in [0.717, 1.165) is 16.5 Å². The highest BCUT2D eigenvalue weighted by molar-refractivity contribution is 6.30. The van der Waals surface area contributed by atoms with E-state index in [4.69, 9.17) is 11.6 Å². The maximum atomic E-state index is 11.8. The van der Waals surface area contributed by atoms with E-state index in [2.05, 4.69) is 20.8 Å². The van der Waals surface area contributed by atoms with Crippen LogP contribution < -0.4 is 10.6 Å². The topological polar surface area (TPSA) is 69.8 Å². The molecule has 0 aliphatic heterocycles. The number of H-pyrrole nitrogens is 1. The lowest BCUT2D eigenvalue weighted by Gasteiger charge is -2.04. The average Bonchev–Trinajstić information content (AvgIpc) is 2.95. The largest absolute Gasteiger partial charge is 0.323 e. The Morgan fingerprint density at radius 1 is 1.23 bits per heavy atom. The molecule has 0 spiro atoms. The zero-order valence-electron chi connectivity index (χ0n) is 11.5. The summed E-state index contributed by atoms with van der Waals surface area (Å²) in [5.74, 6) is 0. The van der Waals surface area contributed by atoms with Gasteiger partial charge in [-0.15, -0.1) is 0 Å². The van der Waals surface area contributed by atoms with Crippen LogP contribution in [0.15, 0.2) is 54.9 Å². The normalized spacial score (nSPS) is 11.0. The number of aromatic nitrogens is 2. The summed E-state index contributed by atoms with van der Waals surface area (Å²) in [6.07, 6.45) is 5.06. The smallest absolute Gasteiger partial charge is 0.314 e. The van der Waals surface area contributed by atoms with Crippen molar-refractivity contribution < 1.29 is 4.79 Å². The number of anilines is 1. The molecule has 22 heavy (non-hydrogen) atoms. The summed E-state index contributed by atoms with van der Waals surface area (Å²) in [6.45, 7) is 0. The number of urea groups is 1. The minimum Gasteiger partial charge on any atom is -0.314 e. The Kier molecular flexibility index (Phi) is 4.07. The second-order valence-electron chi connectivity index (χ2n) is 4.66. The Labute approximate surface area is 132 Å². The van der Waals surface area contributed by atoms with E-state index in [0.29, 0.717) is 10.7 Å². The predicted molar refractivity (Wildman–Crippen MR) is 88.7 cm³/mol. The predicted octanol–water partition coefficient (Wildman–Crippen LogP) is 4.01. The maximum absolute atomic E-state index is 11.8. The van der Waals surface area contributed by atoms with Gasteiger partial charge in [0.2, 0.25) is 0 Å². The highest BCUT2D eigenvalue weighted by Gasteiger charge is 2.01. The van der Waals surface area contributed by atoms with Crippen molar-refractivity contribution in [2.75, 3.05) is 5.32 Å². The monoisotopic (exact) mass is 312 g/mol. The molecule has 0 radical (unpaired) electrons. The molecule has 3 N–H and O–H groups in total. The van der Waals surface area contributed by atoms with Crippen LogP contribution in [0.4, 0.5) is 10.5 Å². The van der Waals surface area contributed by atoms with E-state index in [-0.39, 0.29) is 6.03 Å². The van der Waals surface area contributed by atoms with Gasteiger partial charge < -0.3 is 10.6 Å². The van der Waals surface area contributed by atoms with Crippen molar-refractivity contribution in [1.29, 1.82) is 0 Å². The van der Waals surface area contributed by atoms with Gasteiger partial charge in [-0.1, -0.05) is 23.7 Å². The summed E-state index contributed by atoms with van der Waals surface area (Å²) in [7, 11) is 0. The zero-order valence-corrected chi connectivity index (χ0v) is 12.3. The minimum absolute atomic E-state index is 0.322. The van der Waals surface area contributed by atoms with E-state index in [1.807, 2.05) is 36.4 Å². The first kappa shape index (κ1) is 14.2. The quantitative estimate of drug-likeness (QED) is 0.684. The van der Waals surface area contributed by atoms with Gasteiger partial charge in [0, 0.05) is 22.3 Å². The first-order chi connectivity index (χ1) is 10.7. The summed E-state index contributed by atoms with van der Waals surface area (Å²) >= 11 is 5.89. The number of carbonyl (C=O) groups is 1. The van der Waals surface area contributed by atoms with E-state index >= 15 is 0 Å². The second kappa shape index (κ2) is 6.32. The van der Waals surface area contributed by atoms with Crippen molar-refractivity contribution in [3.8, 4) is 0 Å². The number of hydrogen-bond donors (Lipinski definition) is 3. The van der Waals surface area contributed by atoms with Gasteiger partial charge in [-0.25, -0.2) is 4.79 Å². The van der Waals surface area contributed by atoms with Crippen LogP contribution in [0.2, 0.25) is 5.02 Å². The van der Waals surface area contributed by atoms with E-state index < -0.39 is 0 Å². The van der Waals surface area contributed by atoms with Gasteiger partial charge in [0.15, 0.2) is 0 Å². The van der Waals surface area contributed by atoms with Gasteiger partial charge in [0.25, 0.3) is 0 Å². The molecule has 6 heteroatoms. The van der Waals surface area contributed by atoms with Crippen LogP contribution >= 0.6 is 11.6 Å². The fourth-order valence-electron chi connectivity index (χ4n) is 2.01. The molecule has 5 nitrogen and oxygen atoms in total. The number of benzene rings is 2. The second-order valence-corrected chi connectivity index (χ2v) is 5.10. The van der Waals surface area contributed by atoms with E-state index in [9.17, 15) is 4.79 Å². The van der Waals surface area contributed by atoms with Gasteiger partial charge in [0.05, 0.1) is 11.7 Å². The molecule has 1 aromatic heterocycles. The number of amides is 2. The van der Waals surface area contributed by atoms with Crippen molar-refractivity contribution in [2.24, 2.45) is 0 Å². The number of fused-ring (bicyclic) bond motifs is 1. The maximum Gasteiger partial charge on any atom is 0.323 e. The van der Waals surface area contributed by atoms with Crippen LogP contribution in [-0.4, -0.2) is 16.2 Å². The number of nitrogens with zero attached hydrogens (tertiary/aromatic N) is 1. The first-order valence-electron chi connectivity index (χ1n) is 6.63. The van der Waals surface area contributed by atoms with Crippen LogP contribution in [0.25, 0.3) is 17.0 Å². The Balaban J connectivity index is 1.60. The number of hydrogen-bond acceptors (Lipinski definition) is 2. The highest BCUT2D eigenvalue weighted by atomic mass is 35.5. The molecular weight excluding hydrogens is 300 g/mol. The van der Waals surface area contributed by atoms with Gasteiger partial charge in [0.1, 0.15) is 0 Å². The van der Waals surface area contributed by atoms with Gasteiger partial charge in [-0.2, -0.15) is 5.10 Å². The lowest BCUT2D eigenvalue weighted by molar-refractivity contribution is 0.255. The first-order valence-corrected chi connectivity index (χ1v) is 7.01. The molecule has 2 amide bonds. The average molecular weight is 313 g/mol. The molecule has 0 aliphatic carbocycles. The minimum atomic E-state index is -0.322. The molecule has 1 heterocycles.